The summed E-state index contributed by atoms with van der Waals surface area (Å²) in [7, 11) is 2.14. The lowest BCUT2D eigenvalue weighted by atomic mass is 9.93. The van der Waals surface area contributed by atoms with Crippen molar-refractivity contribution in [2.75, 3.05) is 26.7 Å². The van der Waals surface area contributed by atoms with E-state index in [1.807, 2.05) is 0 Å². The van der Waals surface area contributed by atoms with E-state index in [0.717, 1.165) is 19.6 Å². The van der Waals surface area contributed by atoms with Crippen LogP contribution in [-0.2, 0) is 4.74 Å². The minimum absolute atomic E-state index is 0.294. The molecule has 0 aliphatic rings. The van der Waals surface area contributed by atoms with Gasteiger partial charge in [-0.25, -0.2) is 0 Å². The first-order valence-corrected chi connectivity index (χ1v) is 7.61. The normalized spacial score (nSPS) is 14.8. The number of benzene rings is 1. The Balaban J connectivity index is 2.45. The molecule has 2 atom stereocenters. The second kappa shape index (κ2) is 9.11. The van der Waals surface area contributed by atoms with E-state index in [9.17, 15) is 0 Å². The topological polar surface area (TPSA) is 38.5 Å². The Hall–Kier alpha value is -0.900. The van der Waals surface area contributed by atoms with Crippen LogP contribution in [0.15, 0.2) is 30.3 Å². The molecule has 0 aliphatic carbocycles. The van der Waals surface area contributed by atoms with Crippen molar-refractivity contribution in [3.05, 3.63) is 35.9 Å². The van der Waals surface area contributed by atoms with Gasteiger partial charge in [-0.2, -0.15) is 0 Å². The second-order valence-corrected chi connectivity index (χ2v) is 5.84. The minimum atomic E-state index is 0.294. The van der Waals surface area contributed by atoms with Gasteiger partial charge in [-0.05, 0) is 38.8 Å². The maximum absolute atomic E-state index is 5.95. The Bertz CT molecular complexity index is 353. The quantitative estimate of drug-likeness (QED) is 0.755. The Morgan fingerprint density at radius 1 is 1.15 bits per heavy atom. The highest BCUT2D eigenvalue weighted by Gasteiger charge is 2.17. The number of hydrogen-bond donors (Lipinski definition) is 1. The maximum Gasteiger partial charge on any atom is 0.0596 e. The SMILES string of the molecule is CC(C)OCCN(C)C(CN)CC(C)c1ccccc1. The Labute approximate surface area is 124 Å². The summed E-state index contributed by atoms with van der Waals surface area (Å²) >= 11 is 0. The molecule has 1 rings (SSSR count). The molecule has 0 radical (unpaired) electrons. The third-order valence-electron chi connectivity index (χ3n) is 3.78. The molecule has 3 nitrogen and oxygen atoms in total. The summed E-state index contributed by atoms with van der Waals surface area (Å²) in [6.07, 6.45) is 1.38. The van der Waals surface area contributed by atoms with Gasteiger partial charge in [0.05, 0.1) is 12.7 Å². The van der Waals surface area contributed by atoms with Crippen LogP contribution >= 0.6 is 0 Å². The fourth-order valence-corrected chi connectivity index (χ4v) is 2.40. The number of ether oxygens (including phenoxy) is 1. The average Bonchev–Trinajstić information content (AvgIpc) is 2.44. The second-order valence-electron chi connectivity index (χ2n) is 5.84. The first-order chi connectivity index (χ1) is 9.54. The summed E-state index contributed by atoms with van der Waals surface area (Å²) < 4.78 is 5.61. The molecule has 1 aromatic carbocycles. The Morgan fingerprint density at radius 2 is 1.80 bits per heavy atom. The van der Waals surface area contributed by atoms with E-state index in [1.165, 1.54) is 5.56 Å². The Kier molecular flexibility index (Phi) is 7.82. The number of rotatable bonds is 9. The third-order valence-corrected chi connectivity index (χ3v) is 3.78. The minimum Gasteiger partial charge on any atom is -0.377 e. The van der Waals surface area contributed by atoms with E-state index in [1.54, 1.807) is 0 Å². The predicted molar refractivity (Wildman–Crippen MR) is 86.0 cm³/mol. The molecular formula is C17H30N2O. The van der Waals surface area contributed by atoms with Crippen molar-refractivity contribution in [3.63, 3.8) is 0 Å². The molecular weight excluding hydrogens is 248 g/mol. The molecule has 2 N–H and O–H groups in total. The third kappa shape index (κ3) is 6.04. The zero-order chi connectivity index (χ0) is 15.0. The van der Waals surface area contributed by atoms with Gasteiger partial charge in [0.25, 0.3) is 0 Å². The number of likely N-dealkylation sites (N-methyl/N-ethyl adjacent to an activating group) is 1. The number of hydrogen-bond acceptors (Lipinski definition) is 3. The van der Waals surface area contributed by atoms with Gasteiger partial charge in [0.15, 0.2) is 0 Å². The molecule has 1 aromatic rings. The largest absolute Gasteiger partial charge is 0.377 e. The first kappa shape index (κ1) is 17.2. The molecule has 0 spiro atoms. The molecule has 0 aromatic heterocycles. The van der Waals surface area contributed by atoms with Crippen LogP contribution in [0.4, 0.5) is 0 Å². The Morgan fingerprint density at radius 3 is 2.35 bits per heavy atom. The molecule has 0 bridgehead atoms. The van der Waals surface area contributed by atoms with Crippen LogP contribution in [-0.4, -0.2) is 43.8 Å². The lowest BCUT2D eigenvalue weighted by Crippen LogP contribution is -2.40. The van der Waals surface area contributed by atoms with Gasteiger partial charge in [-0.15, -0.1) is 0 Å². The summed E-state index contributed by atoms with van der Waals surface area (Å²) in [5.41, 5.74) is 7.34. The molecule has 0 fully saturated rings. The summed E-state index contributed by atoms with van der Waals surface area (Å²) in [6, 6.07) is 11.1. The average molecular weight is 278 g/mol. The summed E-state index contributed by atoms with van der Waals surface area (Å²) in [6.45, 7) is 8.80. The zero-order valence-corrected chi connectivity index (χ0v) is 13.4. The molecule has 0 aliphatic heterocycles. The van der Waals surface area contributed by atoms with Crippen molar-refractivity contribution in [1.82, 2.24) is 4.90 Å². The van der Waals surface area contributed by atoms with Gasteiger partial charge >= 0.3 is 0 Å². The van der Waals surface area contributed by atoms with Crippen molar-refractivity contribution in [2.24, 2.45) is 5.73 Å². The summed E-state index contributed by atoms with van der Waals surface area (Å²) in [5, 5.41) is 0. The van der Waals surface area contributed by atoms with Crippen LogP contribution in [0.5, 0.6) is 0 Å². The van der Waals surface area contributed by atoms with E-state index in [-0.39, 0.29) is 0 Å². The number of nitrogens with zero attached hydrogens (tertiary/aromatic N) is 1. The number of nitrogens with two attached hydrogens (primary N) is 1. The van der Waals surface area contributed by atoms with Gasteiger partial charge in [0, 0.05) is 19.1 Å². The van der Waals surface area contributed by atoms with Gasteiger partial charge < -0.3 is 10.5 Å². The monoisotopic (exact) mass is 278 g/mol. The van der Waals surface area contributed by atoms with Crippen LogP contribution < -0.4 is 5.73 Å². The van der Waals surface area contributed by atoms with Crippen LogP contribution in [0.25, 0.3) is 0 Å². The van der Waals surface area contributed by atoms with Crippen molar-refractivity contribution in [1.29, 1.82) is 0 Å². The van der Waals surface area contributed by atoms with E-state index >= 15 is 0 Å². The van der Waals surface area contributed by atoms with E-state index in [2.05, 4.69) is 63.1 Å². The standard InChI is InChI=1S/C17H30N2O/c1-14(2)20-11-10-19(4)17(13-18)12-15(3)16-8-6-5-7-9-16/h5-9,14-15,17H,10-13,18H2,1-4H3. The van der Waals surface area contributed by atoms with Gasteiger partial charge in [0.1, 0.15) is 0 Å². The summed E-state index contributed by atoms with van der Waals surface area (Å²) in [5.74, 6) is 0.526. The highest BCUT2D eigenvalue weighted by atomic mass is 16.5. The highest BCUT2D eigenvalue weighted by molar-refractivity contribution is 5.18. The highest BCUT2D eigenvalue weighted by Crippen LogP contribution is 2.21. The lowest BCUT2D eigenvalue weighted by Gasteiger charge is -2.29. The van der Waals surface area contributed by atoms with Crippen molar-refractivity contribution >= 4 is 0 Å². The van der Waals surface area contributed by atoms with Gasteiger partial charge in [0.2, 0.25) is 0 Å². The molecule has 0 saturated carbocycles. The summed E-state index contributed by atoms with van der Waals surface area (Å²) in [4.78, 5) is 2.32. The molecule has 0 heterocycles. The van der Waals surface area contributed by atoms with Crippen LogP contribution in [0.3, 0.4) is 0 Å². The smallest absolute Gasteiger partial charge is 0.0596 e. The van der Waals surface area contributed by atoms with Crippen LogP contribution in [0.2, 0.25) is 0 Å². The van der Waals surface area contributed by atoms with Gasteiger partial charge in [-0.1, -0.05) is 37.3 Å². The van der Waals surface area contributed by atoms with Crippen LogP contribution in [0.1, 0.15) is 38.7 Å². The van der Waals surface area contributed by atoms with Gasteiger partial charge in [-0.3, -0.25) is 4.90 Å². The molecule has 2 unspecified atom stereocenters. The maximum atomic E-state index is 5.95. The van der Waals surface area contributed by atoms with E-state index < -0.39 is 0 Å². The van der Waals surface area contributed by atoms with E-state index in [0.29, 0.717) is 24.6 Å². The van der Waals surface area contributed by atoms with Crippen LogP contribution in [0, 0.1) is 0 Å². The fraction of sp³-hybridized carbons (Fsp3) is 0.647. The molecule has 0 amide bonds. The fourth-order valence-electron chi connectivity index (χ4n) is 2.40. The molecule has 114 valence electrons. The first-order valence-electron chi connectivity index (χ1n) is 7.61. The molecule has 3 heteroatoms. The zero-order valence-electron chi connectivity index (χ0n) is 13.4. The molecule has 0 saturated heterocycles. The van der Waals surface area contributed by atoms with Crippen molar-refractivity contribution in [2.45, 2.75) is 45.3 Å². The van der Waals surface area contributed by atoms with E-state index in [4.69, 9.17) is 10.5 Å². The lowest BCUT2D eigenvalue weighted by molar-refractivity contribution is 0.0551. The van der Waals surface area contributed by atoms with Crippen molar-refractivity contribution in [3.8, 4) is 0 Å². The predicted octanol–water partition coefficient (Wildman–Crippen LogP) is 2.86. The molecule has 20 heavy (non-hydrogen) atoms. The van der Waals surface area contributed by atoms with Crippen molar-refractivity contribution < 1.29 is 4.74 Å².